The number of carbonyl (C=O) groups excluding carboxylic acids is 2. The van der Waals surface area contributed by atoms with Crippen molar-refractivity contribution in [1.82, 2.24) is 15.3 Å². The minimum Gasteiger partial charge on any atom is -0.463 e. The van der Waals surface area contributed by atoms with Crippen LogP contribution >= 0.6 is 0 Å². The van der Waals surface area contributed by atoms with Gasteiger partial charge in [0.2, 0.25) is 5.82 Å². The fraction of sp³-hybridized carbons (Fsp3) is 0.312. The van der Waals surface area contributed by atoms with Crippen molar-refractivity contribution in [2.75, 3.05) is 32.2 Å². The van der Waals surface area contributed by atoms with Gasteiger partial charge in [-0.05, 0) is 30.2 Å². The van der Waals surface area contributed by atoms with Crippen LogP contribution in [0.4, 0.5) is 10.5 Å². The maximum Gasteiger partial charge on any atom is 0.374 e. The van der Waals surface area contributed by atoms with Gasteiger partial charge in [0.05, 0.1) is 31.4 Å². The van der Waals surface area contributed by atoms with Gasteiger partial charge in [-0.15, -0.1) is 0 Å². The fourth-order valence-electron chi connectivity index (χ4n) is 2.38. The highest BCUT2D eigenvalue weighted by Gasteiger charge is 2.12. The second-order valence-corrected chi connectivity index (χ2v) is 5.32. The minimum absolute atomic E-state index is 0.123. The molecule has 0 bridgehead atoms. The molecular formula is C16H18N4O4. The summed E-state index contributed by atoms with van der Waals surface area (Å²) in [6, 6.07) is 4.82. The van der Waals surface area contributed by atoms with Crippen molar-refractivity contribution < 1.29 is 19.1 Å². The normalized spacial score (nSPS) is 14.1. The molecule has 1 aliphatic heterocycles. The summed E-state index contributed by atoms with van der Waals surface area (Å²) < 4.78 is 9.95. The maximum atomic E-state index is 12.0. The zero-order valence-corrected chi connectivity index (χ0v) is 13.2. The van der Waals surface area contributed by atoms with Crippen LogP contribution in [0.3, 0.4) is 0 Å². The summed E-state index contributed by atoms with van der Waals surface area (Å²) in [6.07, 6.45) is 2.95. The van der Waals surface area contributed by atoms with Gasteiger partial charge in [0, 0.05) is 12.2 Å². The molecule has 126 valence electrons. The SMILES string of the molecule is COC(=O)c1nc2ccc(NC(=O)NCC3=CCCOC3)cc2[nH]1. The van der Waals surface area contributed by atoms with Crippen molar-refractivity contribution in [3.05, 3.63) is 35.7 Å². The molecule has 1 aromatic heterocycles. The molecule has 0 spiro atoms. The maximum absolute atomic E-state index is 12.0. The number of carbonyl (C=O) groups is 2. The highest BCUT2D eigenvalue weighted by atomic mass is 16.5. The monoisotopic (exact) mass is 330 g/mol. The molecule has 0 unspecified atom stereocenters. The van der Waals surface area contributed by atoms with Gasteiger partial charge in [-0.1, -0.05) is 6.08 Å². The second kappa shape index (κ2) is 7.14. The summed E-state index contributed by atoms with van der Waals surface area (Å²) in [5, 5.41) is 5.53. The van der Waals surface area contributed by atoms with Gasteiger partial charge in [-0.2, -0.15) is 0 Å². The number of anilines is 1. The van der Waals surface area contributed by atoms with E-state index in [1.54, 1.807) is 18.2 Å². The quantitative estimate of drug-likeness (QED) is 0.586. The molecule has 0 fully saturated rings. The average molecular weight is 330 g/mol. The van der Waals surface area contributed by atoms with E-state index >= 15 is 0 Å². The number of hydrogen-bond acceptors (Lipinski definition) is 5. The third-order valence-electron chi connectivity index (χ3n) is 3.58. The van der Waals surface area contributed by atoms with Gasteiger partial charge >= 0.3 is 12.0 Å². The molecule has 2 aromatic rings. The highest BCUT2D eigenvalue weighted by molar-refractivity contribution is 5.94. The molecule has 0 saturated heterocycles. The van der Waals surface area contributed by atoms with Gasteiger partial charge in [0.15, 0.2) is 0 Å². The van der Waals surface area contributed by atoms with Crippen LogP contribution in [0.25, 0.3) is 11.0 Å². The average Bonchev–Trinajstić information content (AvgIpc) is 3.03. The molecule has 24 heavy (non-hydrogen) atoms. The lowest BCUT2D eigenvalue weighted by Gasteiger charge is -2.14. The van der Waals surface area contributed by atoms with Crippen molar-refractivity contribution in [2.24, 2.45) is 0 Å². The van der Waals surface area contributed by atoms with Crippen molar-refractivity contribution in [2.45, 2.75) is 6.42 Å². The number of urea groups is 1. The molecule has 0 saturated carbocycles. The van der Waals surface area contributed by atoms with Crippen LogP contribution in [-0.4, -0.2) is 48.8 Å². The number of imidazole rings is 1. The Kier molecular flexibility index (Phi) is 4.76. The Morgan fingerprint density at radius 3 is 3.04 bits per heavy atom. The molecule has 0 radical (unpaired) electrons. The molecule has 0 aliphatic carbocycles. The number of aromatic amines is 1. The molecule has 3 N–H and O–H groups in total. The zero-order chi connectivity index (χ0) is 16.9. The number of fused-ring (bicyclic) bond motifs is 1. The number of nitrogens with zero attached hydrogens (tertiary/aromatic N) is 1. The predicted octanol–water partition coefficient (Wildman–Crippen LogP) is 1.82. The number of methoxy groups -OCH3 is 1. The van der Waals surface area contributed by atoms with Gasteiger partial charge in [0.25, 0.3) is 0 Å². The van der Waals surface area contributed by atoms with Gasteiger partial charge in [-0.25, -0.2) is 14.6 Å². The Bertz CT molecular complexity index is 796. The zero-order valence-electron chi connectivity index (χ0n) is 13.2. The number of nitrogens with one attached hydrogen (secondary N) is 3. The Balaban J connectivity index is 1.62. The number of aromatic nitrogens is 2. The molecule has 8 nitrogen and oxygen atoms in total. The number of benzene rings is 1. The summed E-state index contributed by atoms with van der Waals surface area (Å²) >= 11 is 0. The Hall–Kier alpha value is -2.87. The summed E-state index contributed by atoms with van der Waals surface area (Å²) in [4.78, 5) is 30.4. The highest BCUT2D eigenvalue weighted by Crippen LogP contribution is 2.17. The lowest BCUT2D eigenvalue weighted by molar-refractivity contribution is 0.0588. The van der Waals surface area contributed by atoms with Crippen LogP contribution in [0.1, 0.15) is 17.0 Å². The second-order valence-electron chi connectivity index (χ2n) is 5.32. The number of esters is 1. The largest absolute Gasteiger partial charge is 0.463 e. The van der Waals surface area contributed by atoms with E-state index in [4.69, 9.17) is 4.74 Å². The molecule has 1 aliphatic rings. The predicted molar refractivity (Wildman–Crippen MR) is 88.0 cm³/mol. The summed E-state index contributed by atoms with van der Waals surface area (Å²) in [5.41, 5.74) is 2.90. The number of ether oxygens (including phenoxy) is 2. The third kappa shape index (κ3) is 3.72. The van der Waals surface area contributed by atoms with E-state index in [0.29, 0.717) is 29.9 Å². The van der Waals surface area contributed by atoms with Crippen molar-refractivity contribution in [3.8, 4) is 0 Å². The first kappa shape index (κ1) is 16.0. The van der Waals surface area contributed by atoms with E-state index in [1.807, 2.05) is 0 Å². The summed E-state index contributed by atoms with van der Waals surface area (Å²) in [6.45, 7) is 1.73. The van der Waals surface area contributed by atoms with Crippen LogP contribution in [-0.2, 0) is 9.47 Å². The van der Waals surface area contributed by atoms with Crippen LogP contribution in [0.15, 0.2) is 29.8 Å². The first-order chi connectivity index (χ1) is 11.7. The lowest BCUT2D eigenvalue weighted by atomic mass is 10.2. The van der Waals surface area contributed by atoms with E-state index in [0.717, 1.165) is 18.6 Å². The van der Waals surface area contributed by atoms with Crippen molar-refractivity contribution >= 4 is 28.7 Å². The van der Waals surface area contributed by atoms with E-state index in [2.05, 4.69) is 31.4 Å². The Labute approximate surface area is 138 Å². The van der Waals surface area contributed by atoms with E-state index in [1.165, 1.54) is 7.11 Å². The number of hydrogen-bond donors (Lipinski definition) is 3. The lowest BCUT2D eigenvalue weighted by Crippen LogP contribution is -2.31. The van der Waals surface area contributed by atoms with Crippen LogP contribution in [0, 0.1) is 0 Å². The van der Waals surface area contributed by atoms with Gasteiger partial charge in [0.1, 0.15) is 0 Å². The molecule has 8 heteroatoms. The van der Waals surface area contributed by atoms with E-state index in [9.17, 15) is 9.59 Å². The fourth-order valence-corrected chi connectivity index (χ4v) is 2.38. The first-order valence-electron chi connectivity index (χ1n) is 7.54. The Morgan fingerprint density at radius 1 is 1.42 bits per heavy atom. The molecule has 1 aromatic carbocycles. The number of rotatable bonds is 4. The number of H-pyrrole nitrogens is 1. The molecule has 3 rings (SSSR count). The minimum atomic E-state index is -0.540. The third-order valence-corrected chi connectivity index (χ3v) is 3.58. The smallest absolute Gasteiger partial charge is 0.374 e. The summed E-state index contributed by atoms with van der Waals surface area (Å²) in [5.74, 6) is -0.417. The van der Waals surface area contributed by atoms with E-state index < -0.39 is 5.97 Å². The van der Waals surface area contributed by atoms with Crippen LogP contribution in [0.5, 0.6) is 0 Å². The standard InChI is InChI=1S/C16H18N4O4/c1-23-15(21)14-19-12-5-4-11(7-13(12)20-14)18-16(22)17-8-10-3-2-6-24-9-10/h3-5,7H,2,6,8-9H2,1H3,(H,19,20)(H2,17,18,22). The Morgan fingerprint density at radius 2 is 2.29 bits per heavy atom. The number of amides is 2. The first-order valence-corrected chi connectivity index (χ1v) is 7.54. The topological polar surface area (TPSA) is 105 Å². The van der Waals surface area contributed by atoms with Crippen molar-refractivity contribution in [1.29, 1.82) is 0 Å². The molecule has 2 heterocycles. The molecular weight excluding hydrogens is 312 g/mol. The van der Waals surface area contributed by atoms with Gasteiger partial charge in [-0.3, -0.25) is 0 Å². The van der Waals surface area contributed by atoms with Crippen LogP contribution in [0.2, 0.25) is 0 Å². The van der Waals surface area contributed by atoms with Crippen LogP contribution < -0.4 is 10.6 Å². The summed E-state index contributed by atoms with van der Waals surface area (Å²) in [7, 11) is 1.29. The van der Waals surface area contributed by atoms with Gasteiger partial charge < -0.3 is 25.1 Å². The molecule has 0 atom stereocenters. The van der Waals surface area contributed by atoms with Crippen molar-refractivity contribution in [3.63, 3.8) is 0 Å². The molecule has 2 amide bonds. The van der Waals surface area contributed by atoms with E-state index in [-0.39, 0.29) is 11.9 Å².